The van der Waals surface area contributed by atoms with Gasteiger partial charge in [-0.1, -0.05) is 0 Å². The molecule has 0 amide bonds. The Hall–Kier alpha value is -1.81. The molecule has 1 atom stereocenters. The Morgan fingerprint density at radius 1 is 1.50 bits per heavy atom. The summed E-state index contributed by atoms with van der Waals surface area (Å²) in [5, 5.41) is 0. The van der Waals surface area contributed by atoms with Gasteiger partial charge in [-0.25, -0.2) is 4.98 Å². The van der Waals surface area contributed by atoms with Crippen molar-refractivity contribution in [1.29, 1.82) is 0 Å². The highest BCUT2D eigenvalue weighted by Gasteiger charge is 2.03. The Morgan fingerprint density at radius 2 is 2.38 bits per heavy atom. The van der Waals surface area contributed by atoms with Gasteiger partial charge >= 0.3 is 0 Å². The maximum Gasteiger partial charge on any atom is 0.213 e. The molecule has 0 saturated carbocycles. The summed E-state index contributed by atoms with van der Waals surface area (Å²) in [5.41, 5.74) is 6.78. The number of pyridine rings is 1. The van der Waals surface area contributed by atoms with Crippen LogP contribution in [0.3, 0.4) is 0 Å². The highest BCUT2D eigenvalue weighted by atomic mass is 16.5. The highest BCUT2D eigenvalue weighted by Crippen LogP contribution is 2.15. The van der Waals surface area contributed by atoms with Crippen molar-refractivity contribution >= 4 is 0 Å². The van der Waals surface area contributed by atoms with E-state index in [9.17, 15) is 0 Å². The van der Waals surface area contributed by atoms with Gasteiger partial charge in [0.25, 0.3) is 0 Å². The molecule has 2 rings (SSSR count). The van der Waals surface area contributed by atoms with E-state index in [1.54, 1.807) is 12.5 Å². The lowest BCUT2D eigenvalue weighted by molar-refractivity contribution is 0.260. The fraction of sp³-hybridized carbons (Fsp3) is 0.250. The summed E-state index contributed by atoms with van der Waals surface area (Å²) in [5.74, 6) is 1.33. The molecule has 0 aliphatic heterocycles. The van der Waals surface area contributed by atoms with Crippen molar-refractivity contribution in [1.82, 2.24) is 4.98 Å². The van der Waals surface area contributed by atoms with Gasteiger partial charge < -0.3 is 14.9 Å². The van der Waals surface area contributed by atoms with E-state index in [1.165, 1.54) is 0 Å². The van der Waals surface area contributed by atoms with E-state index in [2.05, 4.69) is 4.98 Å². The van der Waals surface area contributed by atoms with Crippen LogP contribution in [0, 0.1) is 0 Å². The first-order valence-electron chi connectivity index (χ1n) is 5.12. The van der Waals surface area contributed by atoms with Crippen LogP contribution >= 0.6 is 0 Å². The number of hydrogen-bond acceptors (Lipinski definition) is 4. The molecule has 0 radical (unpaired) electrons. The van der Waals surface area contributed by atoms with Crippen LogP contribution in [-0.4, -0.2) is 4.98 Å². The molecule has 2 aromatic heterocycles. The second-order valence-corrected chi connectivity index (χ2v) is 3.58. The first-order valence-corrected chi connectivity index (χ1v) is 5.12. The van der Waals surface area contributed by atoms with Gasteiger partial charge in [0.15, 0.2) is 0 Å². The SMILES string of the molecule is C[C@H](N)c1ccnc(OCc2ccco2)c1. The lowest BCUT2D eigenvalue weighted by Crippen LogP contribution is -2.05. The highest BCUT2D eigenvalue weighted by molar-refractivity contribution is 5.22. The molecule has 0 aliphatic carbocycles. The maximum atomic E-state index is 5.77. The lowest BCUT2D eigenvalue weighted by Gasteiger charge is -2.07. The van der Waals surface area contributed by atoms with E-state index in [0.29, 0.717) is 12.5 Å². The number of nitrogens with two attached hydrogens (primary N) is 1. The van der Waals surface area contributed by atoms with Gasteiger partial charge in [-0.05, 0) is 30.7 Å². The zero-order valence-corrected chi connectivity index (χ0v) is 9.09. The van der Waals surface area contributed by atoms with Gasteiger partial charge in [-0.3, -0.25) is 0 Å². The molecule has 84 valence electrons. The average molecular weight is 218 g/mol. The van der Waals surface area contributed by atoms with Crippen LogP contribution < -0.4 is 10.5 Å². The van der Waals surface area contributed by atoms with Gasteiger partial charge in [0.05, 0.1) is 6.26 Å². The average Bonchev–Trinajstić information content (AvgIpc) is 2.79. The van der Waals surface area contributed by atoms with Gasteiger partial charge in [0.2, 0.25) is 5.88 Å². The van der Waals surface area contributed by atoms with Gasteiger partial charge in [0, 0.05) is 18.3 Å². The molecule has 2 N–H and O–H groups in total. The number of rotatable bonds is 4. The first-order chi connectivity index (χ1) is 7.75. The third-order valence-corrected chi connectivity index (χ3v) is 2.23. The van der Waals surface area contributed by atoms with Crippen LogP contribution in [-0.2, 0) is 6.61 Å². The summed E-state index contributed by atoms with van der Waals surface area (Å²) in [6.45, 7) is 2.30. The van der Waals surface area contributed by atoms with Crippen molar-refractivity contribution in [2.24, 2.45) is 5.73 Å². The second kappa shape index (κ2) is 4.81. The Kier molecular flexibility index (Phi) is 3.22. The summed E-state index contributed by atoms with van der Waals surface area (Å²) in [7, 11) is 0. The molecule has 0 bridgehead atoms. The van der Waals surface area contributed by atoms with Crippen molar-refractivity contribution in [3.8, 4) is 5.88 Å². The standard InChI is InChI=1S/C12H14N2O2/c1-9(13)10-4-5-14-12(7-10)16-8-11-3-2-6-15-11/h2-7,9H,8,13H2,1H3/t9-/m0/s1. The first kappa shape index (κ1) is 10.7. The molecule has 0 aliphatic rings. The smallest absolute Gasteiger partial charge is 0.213 e. The van der Waals surface area contributed by atoms with Gasteiger partial charge in [0.1, 0.15) is 12.4 Å². The van der Waals surface area contributed by atoms with Crippen molar-refractivity contribution < 1.29 is 9.15 Å². The van der Waals surface area contributed by atoms with E-state index in [4.69, 9.17) is 14.9 Å². The van der Waals surface area contributed by atoms with Crippen molar-refractivity contribution in [3.05, 3.63) is 48.0 Å². The third-order valence-electron chi connectivity index (χ3n) is 2.23. The van der Waals surface area contributed by atoms with E-state index in [0.717, 1.165) is 11.3 Å². The van der Waals surface area contributed by atoms with Crippen LogP contribution in [0.15, 0.2) is 41.1 Å². The number of aromatic nitrogens is 1. The zero-order chi connectivity index (χ0) is 11.4. The van der Waals surface area contributed by atoms with Crippen LogP contribution in [0.4, 0.5) is 0 Å². The minimum Gasteiger partial charge on any atom is -0.469 e. The molecule has 4 nitrogen and oxygen atoms in total. The Balaban J connectivity index is 2.01. The molecule has 0 unspecified atom stereocenters. The normalized spacial score (nSPS) is 12.4. The fourth-order valence-corrected chi connectivity index (χ4v) is 1.33. The minimum atomic E-state index is -0.0195. The monoisotopic (exact) mass is 218 g/mol. The summed E-state index contributed by atoms with van der Waals surface area (Å²) in [4.78, 5) is 4.10. The molecular weight excluding hydrogens is 204 g/mol. The summed E-state index contributed by atoms with van der Waals surface area (Å²) < 4.78 is 10.6. The predicted octanol–water partition coefficient (Wildman–Crippen LogP) is 2.27. The topological polar surface area (TPSA) is 61.3 Å². The molecule has 0 aromatic carbocycles. The molecule has 4 heteroatoms. The van der Waals surface area contributed by atoms with E-state index in [-0.39, 0.29) is 6.04 Å². The molecule has 0 fully saturated rings. The number of ether oxygens (including phenoxy) is 1. The number of hydrogen-bond donors (Lipinski definition) is 1. The molecule has 0 saturated heterocycles. The summed E-state index contributed by atoms with van der Waals surface area (Å²) in [6.07, 6.45) is 3.31. The van der Waals surface area contributed by atoms with Gasteiger partial charge in [-0.2, -0.15) is 0 Å². The van der Waals surface area contributed by atoms with Crippen LogP contribution in [0.1, 0.15) is 24.3 Å². The quantitative estimate of drug-likeness (QED) is 0.855. The number of furan rings is 1. The second-order valence-electron chi connectivity index (χ2n) is 3.58. The Morgan fingerprint density at radius 3 is 3.06 bits per heavy atom. The number of nitrogens with zero attached hydrogens (tertiary/aromatic N) is 1. The van der Waals surface area contributed by atoms with E-state index in [1.807, 2.05) is 31.2 Å². The molecule has 0 spiro atoms. The molecule has 2 aromatic rings. The Bertz CT molecular complexity index is 438. The van der Waals surface area contributed by atoms with Crippen LogP contribution in [0.5, 0.6) is 5.88 Å². The molecule has 16 heavy (non-hydrogen) atoms. The lowest BCUT2D eigenvalue weighted by atomic mass is 10.1. The van der Waals surface area contributed by atoms with Crippen LogP contribution in [0.25, 0.3) is 0 Å². The molecular formula is C12H14N2O2. The summed E-state index contributed by atoms with van der Waals surface area (Å²) in [6, 6.07) is 7.38. The van der Waals surface area contributed by atoms with E-state index < -0.39 is 0 Å². The predicted molar refractivity (Wildman–Crippen MR) is 59.9 cm³/mol. The minimum absolute atomic E-state index is 0.0195. The van der Waals surface area contributed by atoms with Crippen molar-refractivity contribution in [2.75, 3.05) is 0 Å². The van der Waals surface area contributed by atoms with Crippen LogP contribution in [0.2, 0.25) is 0 Å². The zero-order valence-electron chi connectivity index (χ0n) is 9.09. The Labute approximate surface area is 94.1 Å². The van der Waals surface area contributed by atoms with Crippen molar-refractivity contribution in [3.63, 3.8) is 0 Å². The summed E-state index contributed by atoms with van der Waals surface area (Å²) >= 11 is 0. The third kappa shape index (κ3) is 2.61. The fourth-order valence-electron chi connectivity index (χ4n) is 1.33. The van der Waals surface area contributed by atoms with E-state index >= 15 is 0 Å². The van der Waals surface area contributed by atoms with Gasteiger partial charge in [-0.15, -0.1) is 0 Å². The largest absolute Gasteiger partial charge is 0.469 e. The molecule has 2 heterocycles. The maximum absolute atomic E-state index is 5.77. The van der Waals surface area contributed by atoms with Crippen molar-refractivity contribution in [2.45, 2.75) is 19.6 Å².